The van der Waals surface area contributed by atoms with E-state index in [0.29, 0.717) is 17.9 Å². The van der Waals surface area contributed by atoms with Crippen molar-refractivity contribution in [1.29, 1.82) is 0 Å². The van der Waals surface area contributed by atoms with Gasteiger partial charge in [-0.2, -0.15) is 0 Å². The topological polar surface area (TPSA) is 84.0 Å². The molecule has 0 unspecified atom stereocenters. The van der Waals surface area contributed by atoms with Gasteiger partial charge >= 0.3 is 0 Å². The first-order valence-corrected chi connectivity index (χ1v) is 8.15. The van der Waals surface area contributed by atoms with Crippen LogP contribution in [0.3, 0.4) is 0 Å². The molecule has 0 aliphatic heterocycles. The van der Waals surface area contributed by atoms with Gasteiger partial charge in [0.2, 0.25) is 10.0 Å². The molecule has 1 rings (SSSR count). The Bertz CT molecular complexity index is 476. The van der Waals surface area contributed by atoms with Gasteiger partial charge < -0.3 is 5.32 Å². The number of hydrogen-bond donors (Lipinski definition) is 2. The standard InChI is InChI=1S/C12H22N4O2S/c1-3-13-7-4-5-9-19(17,18)15-10-12-6-8-14-11(2)16-12/h6,8,13,15H,3-5,7,9-10H2,1-2H3. The van der Waals surface area contributed by atoms with Crippen LogP contribution in [0.1, 0.15) is 31.3 Å². The molecule has 0 bridgehead atoms. The van der Waals surface area contributed by atoms with Gasteiger partial charge in [0.1, 0.15) is 5.82 Å². The minimum atomic E-state index is -3.22. The SMILES string of the molecule is CCNCCCCS(=O)(=O)NCc1ccnc(C)n1. The van der Waals surface area contributed by atoms with Gasteiger partial charge in [-0.15, -0.1) is 0 Å². The molecule has 19 heavy (non-hydrogen) atoms. The third-order valence-corrected chi connectivity index (χ3v) is 3.98. The van der Waals surface area contributed by atoms with Gasteiger partial charge in [0.15, 0.2) is 0 Å². The highest BCUT2D eigenvalue weighted by molar-refractivity contribution is 7.89. The van der Waals surface area contributed by atoms with Crippen LogP contribution in [0.4, 0.5) is 0 Å². The largest absolute Gasteiger partial charge is 0.317 e. The molecular weight excluding hydrogens is 264 g/mol. The summed E-state index contributed by atoms with van der Waals surface area (Å²) in [4.78, 5) is 8.12. The summed E-state index contributed by atoms with van der Waals surface area (Å²) < 4.78 is 26.0. The first kappa shape index (κ1) is 16.0. The van der Waals surface area contributed by atoms with E-state index in [0.717, 1.165) is 19.5 Å². The highest BCUT2D eigenvalue weighted by Gasteiger charge is 2.09. The number of aryl methyl sites for hydroxylation is 1. The highest BCUT2D eigenvalue weighted by Crippen LogP contribution is 1.98. The number of sulfonamides is 1. The minimum absolute atomic E-state index is 0.155. The minimum Gasteiger partial charge on any atom is -0.317 e. The molecule has 6 nitrogen and oxygen atoms in total. The van der Waals surface area contributed by atoms with E-state index in [1.54, 1.807) is 19.2 Å². The Kier molecular flexibility index (Phi) is 6.90. The Morgan fingerprint density at radius 1 is 1.32 bits per heavy atom. The van der Waals surface area contributed by atoms with E-state index in [2.05, 4.69) is 20.0 Å². The summed E-state index contributed by atoms with van der Waals surface area (Å²) in [6.45, 7) is 5.80. The lowest BCUT2D eigenvalue weighted by Gasteiger charge is -2.07. The molecular formula is C12H22N4O2S. The van der Waals surface area contributed by atoms with Crippen LogP contribution in [0.2, 0.25) is 0 Å². The fourth-order valence-electron chi connectivity index (χ4n) is 1.58. The molecule has 0 spiro atoms. The van der Waals surface area contributed by atoms with E-state index in [-0.39, 0.29) is 12.3 Å². The second-order valence-corrected chi connectivity index (χ2v) is 6.22. The summed E-state index contributed by atoms with van der Waals surface area (Å²) in [5, 5.41) is 3.17. The maximum absolute atomic E-state index is 11.7. The highest BCUT2D eigenvalue weighted by atomic mass is 32.2. The van der Waals surface area contributed by atoms with E-state index in [9.17, 15) is 8.42 Å². The van der Waals surface area contributed by atoms with Crippen LogP contribution in [0.15, 0.2) is 12.3 Å². The molecule has 0 saturated carbocycles. The van der Waals surface area contributed by atoms with Crippen molar-refractivity contribution in [2.75, 3.05) is 18.8 Å². The van der Waals surface area contributed by atoms with E-state index in [1.807, 2.05) is 6.92 Å². The van der Waals surface area contributed by atoms with Gasteiger partial charge in [-0.25, -0.2) is 23.1 Å². The predicted molar refractivity (Wildman–Crippen MR) is 75.2 cm³/mol. The van der Waals surface area contributed by atoms with E-state index in [4.69, 9.17) is 0 Å². The Labute approximate surface area is 115 Å². The first-order chi connectivity index (χ1) is 9.03. The van der Waals surface area contributed by atoms with Crippen molar-refractivity contribution in [2.45, 2.75) is 33.2 Å². The van der Waals surface area contributed by atoms with E-state index in [1.165, 1.54) is 0 Å². The molecule has 1 aromatic heterocycles. The summed E-state index contributed by atoms with van der Waals surface area (Å²) in [6, 6.07) is 1.71. The Morgan fingerprint density at radius 3 is 2.79 bits per heavy atom. The monoisotopic (exact) mass is 286 g/mol. The van der Waals surface area contributed by atoms with Crippen LogP contribution < -0.4 is 10.0 Å². The fraction of sp³-hybridized carbons (Fsp3) is 0.667. The Morgan fingerprint density at radius 2 is 2.11 bits per heavy atom. The number of hydrogen-bond acceptors (Lipinski definition) is 5. The summed E-state index contributed by atoms with van der Waals surface area (Å²) in [5.74, 6) is 0.796. The van der Waals surface area contributed by atoms with Crippen LogP contribution in [0.25, 0.3) is 0 Å². The molecule has 0 radical (unpaired) electrons. The van der Waals surface area contributed by atoms with Crippen LogP contribution in [-0.4, -0.2) is 37.2 Å². The first-order valence-electron chi connectivity index (χ1n) is 6.50. The average molecular weight is 286 g/mol. The molecule has 2 N–H and O–H groups in total. The zero-order valence-corrected chi connectivity index (χ0v) is 12.3. The lowest BCUT2D eigenvalue weighted by molar-refractivity contribution is 0.573. The summed E-state index contributed by atoms with van der Waals surface area (Å²) >= 11 is 0. The smallest absolute Gasteiger partial charge is 0.211 e. The normalized spacial score (nSPS) is 11.7. The molecule has 0 atom stereocenters. The van der Waals surface area contributed by atoms with Crippen molar-refractivity contribution in [3.63, 3.8) is 0 Å². The molecule has 1 heterocycles. The third kappa shape index (κ3) is 7.19. The van der Waals surface area contributed by atoms with Crippen molar-refractivity contribution < 1.29 is 8.42 Å². The van der Waals surface area contributed by atoms with Gasteiger partial charge in [0.05, 0.1) is 18.0 Å². The number of aromatic nitrogens is 2. The second kappa shape index (κ2) is 8.19. The van der Waals surface area contributed by atoms with Crippen LogP contribution in [0, 0.1) is 6.92 Å². The molecule has 0 fully saturated rings. The van der Waals surface area contributed by atoms with Gasteiger partial charge in [0.25, 0.3) is 0 Å². The summed E-state index contributed by atoms with van der Waals surface area (Å²) in [6.07, 6.45) is 3.15. The van der Waals surface area contributed by atoms with Gasteiger partial charge in [-0.3, -0.25) is 0 Å². The summed E-state index contributed by atoms with van der Waals surface area (Å²) in [5.41, 5.74) is 0.684. The van der Waals surface area contributed by atoms with Crippen molar-refractivity contribution in [2.24, 2.45) is 0 Å². The van der Waals surface area contributed by atoms with E-state index >= 15 is 0 Å². The zero-order valence-electron chi connectivity index (χ0n) is 11.5. The van der Waals surface area contributed by atoms with Crippen molar-refractivity contribution in [1.82, 2.24) is 20.0 Å². The molecule has 0 aliphatic rings. The number of nitrogens with one attached hydrogen (secondary N) is 2. The fourth-order valence-corrected chi connectivity index (χ4v) is 2.67. The molecule has 0 amide bonds. The molecule has 1 aromatic rings. The molecule has 0 aromatic carbocycles. The molecule has 108 valence electrons. The molecule has 7 heteroatoms. The number of unbranched alkanes of at least 4 members (excludes halogenated alkanes) is 1. The molecule has 0 saturated heterocycles. The maximum Gasteiger partial charge on any atom is 0.211 e. The average Bonchev–Trinajstić information content (AvgIpc) is 2.36. The van der Waals surface area contributed by atoms with Gasteiger partial charge in [-0.1, -0.05) is 6.92 Å². The van der Waals surface area contributed by atoms with Crippen molar-refractivity contribution in [3.8, 4) is 0 Å². The Hall–Kier alpha value is -1.05. The van der Waals surface area contributed by atoms with Gasteiger partial charge in [-0.05, 0) is 38.9 Å². The lowest BCUT2D eigenvalue weighted by Crippen LogP contribution is -2.27. The predicted octanol–water partition coefficient (Wildman–Crippen LogP) is 0.594. The molecule has 0 aliphatic carbocycles. The third-order valence-electron chi connectivity index (χ3n) is 2.57. The number of rotatable bonds is 9. The summed E-state index contributed by atoms with van der Waals surface area (Å²) in [7, 11) is -3.22. The second-order valence-electron chi connectivity index (χ2n) is 4.30. The Balaban J connectivity index is 2.30. The van der Waals surface area contributed by atoms with Gasteiger partial charge in [0, 0.05) is 6.20 Å². The quantitative estimate of drug-likeness (QED) is 0.649. The maximum atomic E-state index is 11.7. The number of nitrogens with zero attached hydrogens (tertiary/aromatic N) is 2. The van der Waals surface area contributed by atoms with Crippen molar-refractivity contribution in [3.05, 3.63) is 23.8 Å². The zero-order chi connectivity index (χ0) is 14.1. The lowest BCUT2D eigenvalue weighted by atomic mass is 10.3. The van der Waals surface area contributed by atoms with E-state index < -0.39 is 10.0 Å². The van der Waals surface area contributed by atoms with Crippen LogP contribution >= 0.6 is 0 Å². The van der Waals surface area contributed by atoms with Crippen LogP contribution in [0.5, 0.6) is 0 Å². The van der Waals surface area contributed by atoms with Crippen LogP contribution in [-0.2, 0) is 16.6 Å². The van der Waals surface area contributed by atoms with Crippen molar-refractivity contribution >= 4 is 10.0 Å².